The fourth-order valence-corrected chi connectivity index (χ4v) is 3.36. The maximum atomic E-state index is 12.0. The molecule has 2 aromatic rings. The molecule has 0 N–H and O–H groups in total. The van der Waals surface area contributed by atoms with E-state index in [9.17, 15) is 4.79 Å². The Balaban J connectivity index is 1.72. The third-order valence-electron chi connectivity index (χ3n) is 4.57. The number of ketones is 1. The molecular weight excluding hydrogens is 298 g/mol. The SMILES string of the molecule is O=C1CCC[C@@H]1Cc1nc(C2CC2)nn1-c1ccccc1Cl. The highest BCUT2D eigenvalue weighted by molar-refractivity contribution is 6.32. The minimum absolute atomic E-state index is 0.0949. The van der Waals surface area contributed by atoms with Gasteiger partial charge in [0, 0.05) is 24.7 Å². The summed E-state index contributed by atoms with van der Waals surface area (Å²) >= 11 is 6.32. The van der Waals surface area contributed by atoms with Crippen molar-refractivity contribution in [3.05, 3.63) is 40.9 Å². The zero-order valence-corrected chi connectivity index (χ0v) is 13.1. The lowest BCUT2D eigenvalue weighted by Gasteiger charge is -2.10. The second-order valence-corrected chi connectivity index (χ2v) is 6.69. The summed E-state index contributed by atoms with van der Waals surface area (Å²) in [5, 5.41) is 5.34. The molecule has 0 unspecified atom stereocenters. The van der Waals surface area contributed by atoms with Crippen LogP contribution in [0.2, 0.25) is 5.02 Å². The van der Waals surface area contributed by atoms with E-state index in [-0.39, 0.29) is 5.92 Å². The standard InChI is InChI=1S/C17H18ClN3O/c18-13-5-1-2-6-14(13)21-16(10-12-4-3-7-15(12)22)19-17(20-21)11-8-9-11/h1-2,5-6,11-12H,3-4,7-10H2/t12-/m1/s1. The maximum absolute atomic E-state index is 12.0. The van der Waals surface area contributed by atoms with Crippen LogP contribution in [0.15, 0.2) is 24.3 Å². The van der Waals surface area contributed by atoms with Crippen molar-refractivity contribution in [2.75, 3.05) is 0 Å². The average Bonchev–Trinajstić information content (AvgIpc) is 3.17. The summed E-state index contributed by atoms with van der Waals surface area (Å²) < 4.78 is 1.85. The number of para-hydroxylation sites is 1. The number of aromatic nitrogens is 3. The molecule has 2 saturated carbocycles. The summed E-state index contributed by atoms with van der Waals surface area (Å²) in [5.41, 5.74) is 0.851. The van der Waals surface area contributed by atoms with Crippen LogP contribution >= 0.6 is 11.6 Å². The number of hydrogen-bond acceptors (Lipinski definition) is 3. The molecule has 1 aromatic heterocycles. The summed E-state index contributed by atoms with van der Waals surface area (Å²) in [6.07, 6.45) is 5.67. The summed E-state index contributed by atoms with van der Waals surface area (Å²) in [6.45, 7) is 0. The van der Waals surface area contributed by atoms with Crippen LogP contribution in [0.4, 0.5) is 0 Å². The minimum Gasteiger partial charge on any atom is -0.299 e. The molecule has 2 aliphatic carbocycles. The lowest BCUT2D eigenvalue weighted by atomic mass is 10.0. The van der Waals surface area contributed by atoms with Gasteiger partial charge in [-0.05, 0) is 37.8 Å². The third-order valence-corrected chi connectivity index (χ3v) is 4.89. The Labute approximate surface area is 134 Å². The number of carbonyl (C=O) groups excluding carboxylic acids is 1. The van der Waals surface area contributed by atoms with Crippen LogP contribution in [0.3, 0.4) is 0 Å². The molecule has 2 aliphatic rings. The second kappa shape index (κ2) is 5.51. The van der Waals surface area contributed by atoms with E-state index in [1.165, 1.54) is 0 Å². The second-order valence-electron chi connectivity index (χ2n) is 6.28. The van der Waals surface area contributed by atoms with Gasteiger partial charge in [-0.1, -0.05) is 23.7 Å². The highest BCUT2D eigenvalue weighted by Crippen LogP contribution is 2.39. The molecule has 114 valence electrons. The van der Waals surface area contributed by atoms with E-state index in [1.54, 1.807) is 0 Å². The van der Waals surface area contributed by atoms with E-state index in [2.05, 4.69) is 5.10 Å². The van der Waals surface area contributed by atoms with Gasteiger partial charge in [0.15, 0.2) is 5.82 Å². The smallest absolute Gasteiger partial charge is 0.154 e. The van der Waals surface area contributed by atoms with Crippen LogP contribution in [-0.2, 0) is 11.2 Å². The molecule has 0 spiro atoms. The van der Waals surface area contributed by atoms with Crippen LogP contribution in [0, 0.1) is 5.92 Å². The molecule has 22 heavy (non-hydrogen) atoms. The first kappa shape index (κ1) is 13.9. The minimum atomic E-state index is 0.0949. The molecule has 4 rings (SSSR count). The van der Waals surface area contributed by atoms with Crippen molar-refractivity contribution in [2.24, 2.45) is 5.92 Å². The van der Waals surface area contributed by atoms with Gasteiger partial charge < -0.3 is 0 Å². The molecule has 0 bridgehead atoms. The van der Waals surface area contributed by atoms with Crippen molar-refractivity contribution in [3.63, 3.8) is 0 Å². The van der Waals surface area contributed by atoms with Gasteiger partial charge >= 0.3 is 0 Å². The molecular formula is C17H18ClN3O. The van der Waals surface area contributed by atoms with Gasteiger partial charge in [-0.25, -0.2) is 9.67 Å². The van der Waals surface area contributed by atoms with E-state index < -0.39 is 0 Å². The molecule has 0 saturated heterocycles. The highest BCUT2D eigenvalue weighted by Gasteiger charge is 2.31. The van der Waals surface area contributed by atoms with Crippen LogP contribution < -0.4 is 0 Å². The van der Waals surface area contributed by atoms with Gasteiger partial charge in [0.05, 0.1) is 10.7 Å². The lowest BCUT2D eigenvalue weighted by Crippen LogP contribution is -2.14. The fourth-order valence-electron chi connectivity index (χ4n) is 3.15. The van der Waals surface area contributed by atoms with E-state index >= 15 is 0 Å². The van der Waals surface area contributed by atoms with Crippen molar-refractivity contribution < 1.29 is 4.79 Å². The van der Waals surface area contributed by atoms with Gasteiger partial charge in [-0.3, -0.25) is 4.79 Å². The highest BCUT2D eigenvalue weighted by atomic mass is 35.5. The lowest BCUT2D eigenvalue weighted by molar-refractivity contribution is -0.120. The van der Waals surface area contributed by atoms with Crippen molar-refractivity contribution in [3.8, 4) is 5.69 Å². The summed E-state index contributed by atoms with van der Waals surface area (Å²) in [7, 11) is 0. The van der Waals surface area contributed by atoms with Crippen molar-refractivity contribution >= 4 is 17.4 Å². The van der Waals surface area contributed by atoms with Gasteiger partial charge in [0.25, 0.3) is 0 Å². The van der Waals surface area contributed by atoms with Crippen LogP contribution in [-0.4, -0.2) is 20.5 Å². The number of hydrogen-bond donors (Lipinski definition) is 0. The molecule has 0 radical (unpaired) electrons. The summed E-state index contributed by atoms with van der Waals surface area (Å²) in [4.78, 5) is 16.7. The number of Topliss-reactive ketones (excluding diaryl/α,β-unsaturated/α-hetero) is 1. The summed E-state index contributed by atoms with van der Waals surface area (Å²) in [5.74, 6) is 2.72. The number of benzene rings is 1. The number of carbonyl (C=O) groups is 1. The van der Waals surface area contributed by atoms with E-state index in [0.717, 1.165) is 43.0 Å². The average molecular weight is 316 g/mol. The predicted octanol–water partition coefficient (Wildman–Crippen LogP) is 3.71. The van der Waals surface area contributed by atoms with Crippen LogP contribution in [0.5, 0.6) is 0 Å². The van der Waals surface area contributed by atoms with Gasteiger partial charge in [0.2, 0.25) is 0 Å². The monoisotopic (exact) mass is 315 g/mol. The fraction of sp³-hybridized carbons (Fsp3) is 0.471. The Bertz CT molecular complexity index is 720. The normalized spacial score (nSPS) is 21.5. The van der Waals surface area contributed by atoms with Gasteiger partial charge in [-0.2, -0.15) is 5.10 Å². The molecule has 0 aliphatic heterocycles. The Hall–Kier alpha value is -1.68. The molecule has 1 heterocycles. The summed E-state index contributed by atoms with van der Waals surface area (Å²) in [6, 6.07) is 7.67. The predicted molar refractivity (Wildman–Crippen MR) is 84.4 cm³/mol. The quantitative estimate of drug-likeness (QED) is 0.864. The zero-order valence-electron chi connectivity index (χ0n) is 12.3. The molecule has 0 amide bonds. The first-order chi connectivity index (χ1) is 10.7. The molecule has 2 fully saturated rings. The zero-order chi connectivity index (χ0) is 15.1. The van der Waals surface area contributed by atoms with Crippen LogP contribution in [0.1, 0.15) is 49.7 Å². The third kappa shape index (κ3) is 2.56. The first-order valence-corrected chi connectivity index (χ1v) is 8.33. The molecule has 1 aromatic carbocycles. The Morgan fingerprint density at radius 3 is 2.73 bits per heavy atom. The van der Waals surface area contributed by atoms with Gasteiger partial charge in [0.1, 0.15) is 11.6 Å². The van der Waals surface area contributed by atoms with Crippen molar-refractivity contribution in [1.29, 1.82) is 0 Å². The number of nitrogens with zero attached hydrogens (tertiary/aromatic N) is 3. The van der Waals surface area contributed by atoms with Gasteiger partial charge in [-0.15, -0.1) is 0 Å². The number of rotatable bonds is 4. The largest absolute Gasteiger partial charge is 0.299 e. The Morgan fingerprint density at radius 1 is 1.23 bits per heavy atom. The van der Waals surface area contributed by atoms with E-state index in [0.29, 0.717) is 29.6 Å². The first-order valence-electron chi connectivity index (χ1n) is 7.96. The Kier molecular flexibility index (Phi) is 3.49. The molecule has 1 atom stereocenters. The topological polar surface area (TPSA) is 47.8 Å². The van der Waals surface area contributed by atoms with Crippen LogP contribution in [0.25, 0.3) is 5.69 Å². The van der Waals surface area contributed by atoms with E-state index in [4.69, 9.17) is 16.6 Å². The Morgan fingerprint density at radius 2 is 2.05 bits per heavy atom. The van der Waals surface area contributed by atoms with E-state index in [1.807, 2.05) is 28.9 Å². The molecule has 4 nitrogen and oxygen atoms in total. The van der Waals surface area contributed by atoms with Crippen molar-refractivity contribution in [1.82, 2.24) is 14.8 Å². The van der Waals surface area contributed by atoms with Crippen molar-refractivity contribution in [2.45, 2.75) is 44.4 Å². The maximum Gasteiger partial charge on any atom is 0.154 e. The number of halogens is 1. The molecule has 5 heteroatoms.